The molecular weight excluding hydrogens is 338 g/mol. The molecule has 2 aliphatic rings. The summed E-state index contributed by atoms with van der Waals surface area (Å²) in [6, 6.07) is 7.99. The fraction of sp³-hybridized carbons (Fsp3) is 0.368. The van der Waals surface area contributed by atoms with Gasteiger partial charge in [-0.1, -0.05) is 68.0 Å². The first-order valence-corrected chi connectivity index (χ1v) is 9.52. The zero-order valence-electron chi connectivity index (χ0n) is 13.6. The molecule has 24 heavy (non-hydrogen) atoms. The SMILES string of the molecule is C=CCOc1cccc(/C=C2\SC(=S)N(C3CCCCC3)C2=O)c1. The van der Waals surface area contributed by atoms with Crippen LogP contribution in [0.1, 0.15) is 37.7 Å². The summed E-state index contributed by atoms with van der Waals surface area (Å²) in [5.41, 5.74) is 0.945. The molecule has 0 bridgehead atoms. The van der Waals surface area contributed by atoms with Gasteiger partial charge in [0.25, 0.3) is 5.91 Å². The van der Waals surface area contributed by atoms with Gasteiger partial charge in [0.05, 0.1) is 4.91 Å². The van der Waals surface area contributed by atoms with Gasteiger partial charge in [0.2, 0.25) is 0 Å². The van der Waals surface area contributed by atoms with Crippen LogP contribution in [0.25, 0.3) is 6.08 Å². The van der Waals surface area contributed by atoms with Gasteiger partial charge in [0.15, 0.2) is 0 Å². The number of thioether (sulfide) groups is 1. The molecule has 0 radical (unpaired) electrons. The summed E-state index contributed by atoms with van der Waals surface area (Å²) >= 11 is 6.87. The van der Waals surface area contributed by atoms with E-state index in [0.29, 0.717) is 15.8 Å². The van der Waals surface area contributed by atoms with Crippen molar-refractivity contribution in [2.75, 3.05) is 6.61 Å². The van der Waals surface area contributed by atoms with Gasteiger partial charge in [-0.2, -0.15) is 0 Å². The number of rotatable bonds is 5. The molecule has 0 atom stereocenters. The molecule has 1 saturated carbocycles. The van der Waals surface area contributed by atoms with Gasteiger partial charge in [-0.3, -0.25) is 9.69 Å². The number of ether oxygens (including phenoxy) is 1. The number of thiocarbonyl (C=S) groups is 1. The van der Waals surface area contributed by atoms with Crippen LogP contribution in [0.3, 0.4) is 0 Å². The minimum absolute atomic E-state index is 0.0503. The van der Waals surface area contributed by atoms with Crippen LogP contribution < -0.4 is 4.74 Å². The largest absolute Gasteiger partial charge is 0.490 e. The van der Waals surface area contributed by atoms with Crippen molar-refractivity contribution in [1.82, 2.24) is 4.90 Å². The number of nitrogens with zero attached hydrogens (tertiary/aromatic N) is 1. The lowest BCUT2D eigenvalue weighted by molar-refractivity contribution is -0.124. The highest BCUT2D eigenvalue weighted by molar-refractivity contribution is 8.26. The second-order valence-electron chi connectivity index (χ2n) is 6.02. The molecule has 0 unspecified atom stereocenters. The van der Waals surface area contributed by atoms with Crippen molar-refractivity contribution in [3.05, 3.63) is 47.4 Å². The molecule has 126 valence electrons. The van der Waals surface area contributed by atoms with Crippen molar-refractivity contribution < 1.29 is 9.53 Å². The van der Waals surface area contributed by atoms with Gasteiger partial charge in [0, 0.05) is 6.04 Å². The number of hydrogen-bond donors (Lipinski definition) is 0. The van der Waals surface area contributed by atoms with Gasteiger partial charge < -0.3 is 4.74 Å². The van der Waals surface area contributed by atoms with Crippen LogP contribution in [-0.2, 0) is 4.79 Å². The van der Waals surface area contributed by atoms with E-state index < -0.39 is 0 Å². The molecular formula is C19H21NO2S2. The van der Waals surface area contributed by atoms with E-state index in [1.54, 1.807) is 6.08 Å². The average Bonchev–Trinajstić information content (AvgIpc) is 2.88. The third kappa shape index (κ3) is 3.90. The molecule has 3 nitrogen and oxygen atoms in total. The first kappa shape index (κ1) is 17.2. The summed E-state index contributed by atoms with van der Waals surface area (Å²) < 4.78 is 6.24. The zero-order valence-corrected chi connectivity index (χ0v) is 15.2. The summed E-state index contributed by atoms with van der Waals surface area (Å²) in [5, 5.41) is 0. The van der Waals surface area contributed by atoms with Crippen molar-refractivity contribution in [2.24, 2.45) is 0 Å². The predicted octanol–water partition coefficient (Wildman–Crippen LogP) is 4.79. The van der Waals surface area contributed by atoms with Crippen molar-refractivity contribution in [2.45, 2.75) is 38.1 Å². The lowest BCUT2D eigenvalue weighted by atomic mass is 9.94. The van der Waals surface area contributed by atoms with Crippen LogP contribution in [0, 0.1) is 0 Å². The Kier molecular flexibility index (Phi) is 5.74. The fourth-order valence-electron chi connectivity index (χ4n) is 3.13. The molecule has 1 saturated heterocycles. The number of carbonyl (C=O) groups is 1. The number of amides is 1. The minimum Gasteiger partial charge on any atom is -0.490 e. The molecule has 2 fully saturated rings. The van der Waals surface area contributed by atoms with E-state index in [1.807, 2.05) is 35.2 Å². The summed E-state index contributed by atoms with van der Waals surface area (Å²) in [5.74, 6) is 0.820. The number of carbonyl (C=O) groups excluding carboxylic acids is 1. The predicted molar refractivity (Wildman–Crippen MR) is 104 cm³/mol. The summed E-state index contributed by atoms with van der Waals surface area (Å²) in [6.07, 6.45) is 9.37. The lowest BCUT2D eigenvalue weighted by Crippen LogP contribution is -2.39. The van der Waals surface area contributed by atoms with E-state index >= 15 is 0 Å². The number of benzene rings is 1. The maximum Gasteiger partial charge on any atom is 0.266 e. The highest BCUT2D eigenvalue weighted by Crippen LogP contribution is 2.37. The smallest absolute Gasteiger partial charge is 0.266 e. The Balaban J connectivity index is 1.77. The molecule has 5 heteroatoms. The maximum atomic E-state index is 12.8. The maximum absolute atomic E-state index is 12.8. The first-order valence-electron chi connectivity index (χ1n) is 8.30. The Hall–Kier alpha value is -1.59. The Bertz CT molecular complexity index is 678. The molecule has 0 aromatic heterocycles. The van der Waals surface area contributed by atoms with E-state index in [-0.39, 0.29) is 11.9 Å². The lowest BCUT2D eigenvalue weighted by Gasteiger charge is -2.29. The number of hydrogen-bond acceptors (Lipinski definition) is 4. The fourth-order valence-corrected chi connectivity index (χ4v) is 4.53. The van der Waals surface area contributed by atoms with E-state index in [1.165, 1.54) is 31.0 Å². The monoisotopic (exact) mass is 359 g/mol. The third-order valence-corrected chi connectivity index (χ3v) is 5.62. The van der Waals surface area contributed by atoms with Crippen LogP contribution in [0.5, 0.6) is 5.75 Å². The van der Waals surface area contributed by atoms with Crippen molar-refractivity contribution in [3.63, 3.8) is 0 Å². The molecule has 1 aromatic rings. The zero-order chi connectivity index (χ0) is 16.9. The minimum atomic E-state index is 0.0503. The molecule has 1 heterocycles. The quantitative estimate of drug-likeness (QED) is 0.430. The Morgan fingerprint density at radius 1 is 1.33 bits per heavy atom. The molecule has 3 rings (SSSR count). The van der Waals surface area contributed by atoms with Crippen LogP contribution >= 0.6 is 24.0 Å². The van der Waals surface area contributed by atoms with Crippen LogP contribution in [0.15, 0.2) is 41.8 Å². The molecule has 1 amide bonds. The summed E-state index contributed by atoms with van der Waals surface area (Å²) in [6.45, 7) is 4.11. The van der Waals surface area contributed by atoms with Gasteiger partial charge in [-0.25, -0.2) is 0 Å². The van der Waals surface area contributed by atoms with Gasteiger partial charge in [-0.15, -0.1) is 0 Å². The molecule has 1 aliphatic heterocycles. The van der Waals surface area contributed by atoms with Crippen molar-refractivity contribution in [3.8, 4) is 5.75 Å². The highest BCUT2D eigenvalue weighted by Gasteiger charge is 2.37. The van der Waals surface area contributed by atoms with Crippen LogP contribution in [0.4, 0.5) is 0 Å². The van der Waals surface area contributed by atoms with E-state index in [2.05, 4.69) is 6.58 Å². The van der Waals surface area contributed by atoms with Gasteiger partial charge >= 0.3 is 0 Å². The Morgan fingerprint density at radius 2 is 2.12 bits per heavy atom. The molecule has 0 spiro atoms. The van der Waals surface area contributed by atoms with Crippen LogP contribution in [0.2, 0.25) is 0 Å². The average molecular weight is 360 g/mol. The first-order chi connectivity index (χ1) is 11.7. The highest BCUT2D eigenvalue weighted by atomic mass is 32.2. The Morgan fingerprint density at radius 3 is 2.88 bits per heavy atom. The standard InChI is InChI=1S/C19H21NO2S2/c1-2-11-22-16-10-6-7-14(12-16)13-17-18(21)20(19(23)24-17)15-8-4-3-5-9-15/h2,6-7,10,12-13,15H,1,3-5,8-9,11H2/b17-13-. The van der Waals surface area contributed by atoms with Crippen LogP contribution in [-0.4, -0.2) is 27.8 Å². The summed E-state index contributed by atoms with van der Waals surface area (Å²) in [4.78, 5) is 15.3. The molecule has 0 N–H and O–H groups in total. The van der Waals surface area contributed by atoms with Crippen molar-refractivity contribution >= 4 is 40.3 Å². The van der Waals surface area contributed by atoms with E-state index in [4.69, 9.17) is 17.0 Å². The van der Waals surface area contributed by atoms with Crippen molar-refractivity contribution in [1.29, 1.82) is 0 Å². The molecule has 1 aliphatic carbocycles. The topological polar surface area (TPSA) is 29.5 Å². The van der Waals surface area contributed by atoms with Gasteiger partial charge in [0.1, 0.15) is 16.7 Å². The summed E-state index contributed by atoms with van der Waals surface area (Å²) in [7, 11) is 0. The third-order valence-electron chi connectivity index (χ3n) is 4.29. The second-order valence-corrected chi connectivity index (χ2v) is 7.69. The van der Waals surface area contributed by atoms with E-state index in [9.17, 15) is 4.79 Å². The second kappa shape index (κ2) is 7.99. The Labute approximate surface area is 152 Å². The normalized spacial score (nSPS) is 20.7. The molecule has 1 aromatic carbocycles. The van der Waals surface area contributed by atoms with E-state index in [0.717, 1.165) is 24.2 Å². The van der Waals surface area contributed by atoms with Gasteiger partial charge in [-0.05, 0) is 36.6 Å².